The lowest BCUT2D eigenvalue weighted by atomic mass is 9.79. The predicted molar refractivity (Wildman–Crippen MR) is 144 cm³/mol. The van der Waals surface area contributed by atoms with Crippen molar-refractivity contribution in [3.05, 3.63) is 58.7 Å². The molecule has 0 heterocycles. The Morgan fingerprint density at radius 3 is 0.844 bits per heavy atom. The maximum absolute atomic E-state index is 4.96. The zero-order valence-electron chi connectivity index (χ0n) is 22.5. The van der Waals surface area contributed by atoms with Crippen LogP contribution in [-0.4, -0.2) is 12.4 Å². The van der Waals surface area contributed by atoms with Gasteiger partial charge in [0.25, 0.3) is 0 Å². The maximum Gasteiger partial charge on any atom is 0.0704 e. The van der Waals surface area contributed by atoms with Crippen LogP contribution in [0.3, 0.4) is 0 Å². The highest BCUT2D eigenvalue weighted by Crippen LogP contribution is 2.40. The van der Waals surface area contributed by atoms with E-state index in [1.807, 2.05) is 12.4 Å². The lowest BCUT2D eigenvalue weighted by molar-refractivity contribution is 0.570. The van der Waals surface area contributed by atoms with Crippen molar-refractivity contribution in [3.63, 3.8) is 0 Å². The van der Waals surface area contributed by atoms with Crippen molar-refractivity contribution in [2.24, 2.45) is 9.98 Å². The van der Waals surface area contributed by atoms with E-state index >= 15 is 0 Å². The van der Waals surface area contributed by atoms with Gasteiger partial charge in [-0.3, -0.25) is 9.98 Å². The summed E-state index contributed by atoms with van der Waals surface area (Å²) in [6.07, 6.45) is 3.73. The molecule has 0 fully saturated rings. The first-order chi connectivity index (χ1) is 14.4. The van der Waals surface area contributed by atoms with Crippen molar-refractivity contribution in [1.82, 2.24) is 0 Å². The molecule has 0 saturated heterocycles. The third kappa shape index (κ3) is 6.18. The second-order valence-electron chi connectivity index (χ2n) is 13.0. The van der Waals surface area contributed by atoms with E-state index in [1.54, 1.807) is 0 Å². The van der Waals surface area contributed by atoms with Gasteiger partial charge in [-0.2, -0.15) is 0 Å². The van der Waals surface area contributed by atoms with E-state index in [9.17, 15) is 0 Å². The molecule has 0 atom stereocenters. The van der Waals surface area contributed by atoms with Crippen molar-refractivity contribution >= 4 is 23.8 Å². The second kappa shape index (κ2) is 8.96. The van der Waals surface area contributed by atoms with E-state index < -0.39 is 0 Å². The zero-order chi connectivity index (χ0) is 24.5. The van der Waals surface area contributed by atoms with Gasteiger partial charge in [-0.05, 0) is 43.9 Å². The molecule has 32 heavy (non-hydrogen) atoms. The van der Waals surface area contributed by atoms with Gasteiger partial charge in [-0.25, -0.2) is 0 Å². The largest absolute Gasteiger partial charge is 0.255 e. The minimum absolute atomic E-state index is 0.0172. The lowest BCUT2D eigenvalue weighted by Gasteiger charge is -2.28. The highest BCUT2D eigenvalue weighted by Gasteiger charge is 2.26. The first-order valence-corrected chi connectivity index (χ1v) is 11.8. The van der Waals surface area contributed by atoms with Crippen LogP contribution in [0.5, 0.6) is 0 Å². The van der Waals surface area contributed by atoms with Crippen LogP contribution in [0.2, 0.25) is 0 Å². The fourth-order valence-corrected chi connectivity index (χ4v) is 4.00. The van der Waals surface area contributed by atoms with E-state index in [0.29, 0.717) is 0 Å². The van der Waals surface area contributed by atoms with E-state index in [-0.39, 0.29) is 21.7 Å². The Kier molecular flexibility index (Phi) is 7.29. The average Bonchev–Trinajstić information content (AvgIpc) is 2.61. The molecule has 0 radical (unpaired) electrons. The van der Waals surface area contributed by atoms with Crippen LogP contribution in [0.4, 0.5) is 11.4 Å². The standard InChI is InChI=1S/C30H44N2/c1-27(2,3)21-15-13-16-22(28(4,5)6)25(21)31-19-20-32-26-23(29(7,8)9)17-14-18-24(26)30(10,11)12/h13-20H,1-12H3. The monoisotopic (exact) mass is 432 g/mol. The molecule has 2 aromatic rings. The van der Waals surface area contributed by atoms with Crippen LogP contribution in [0.15, 0.2) is 46.4 Å². The van der Waals surface area contributed by atoms with Crippen molar-refractivity contribution in [2.75, 3.05) is 0 Å². The van der Waals surface area contributed by atoms with Crippen molar-refractivity contribution in [2.45, 2.75) is 105 Å². The smallest absolute Gasteiger partial charge is 0.0704 e. The Morgan fingerprint density at radius 1 is 0.438 bits per heavy atom. The molecule has 2 aromatic carbocycles. The first kappa shape index (κ1) is 26.0. The molecule has 2 rings (SSSR count). The SMILES string of the molecule is CC(C)(C)c1cccc(C(C)(C)C)c1N=CC=Nc1c(C(C)(C)C)cccc1C(C)(C)C. The third-order valence-electron chi connectivity index (χ3n) is 5.78. The third-order valence-corrected chi connectivity index (χ3v) is 5.78. The Balaban J connectivity index is 2.60. The molecule has 0 N–H and O–H groups in total. The molecule has 0 aromatic heterocycles. The van der Waals surface area contributed by atoms with Crippen LogP contribution in [0, 0.1) is 0 Å². The van der Waals surface area contributed by atoms with Crippen LogP contribution < -0.4 is 0 Å². The van der Waals surface area contributed by atoms with Crippen LogP contribution >= 0.6 is 0 Å². The molecular weight excluding hydrogens is 388 g/mol. The molecular formula is C30H44N2. The number of hydrogen-bond acceptors (Lipinski definition) is 2. The summed E-state index contributed by atoms with van der Waals surface area (Å²) in [6.45, 7) is 27.0. The Morgan fingerprint density at radius 2 is 0.656 bits per heavy atom. The molecule has 2 heteroatoms. The number of nitrogens with zero attached hydrogens (tertiary/aromatic N) is 2. The molecule has 0 aliphatic rings. The second-order valence-corrected chi connectivity index (χ2v) is 13.0. The van der Waals surface area contributed by atoms with Crippen LogP contribution in [0.1, 0.15) is 105 Å². The highest BCUT2D eigenvalue weighted by atomic mass is 14.8. The molecule has 174 valence electrons. The molecule has 0 amide bonds. The molecule has 2 nitrogen and oxygen atoms in total. The number of hydrogen-bond donors (Lipinski definition) is 0. The molecule has 0 bridgehead atoms. The minimum atomic E-state index is 0.0172. The van der Waals surface area contributed by atoms with Crippen LogP contribution in [-0.2, 0) is 21.7 Å². The minimum Gasteiger partial charge on any atom is -0.255 e. The van der Waals surface area contributed by atoms with Gasteiger partial charge in [0.2, 0.25) is 0 Å². The summed E-state index contributed by atoms with van der Waals surface area (Å²) in [5.41, 5.74) is 7.26. The lowest BCUT2D eigenvalue weighted by Crippen LogP contribution is -2.17. The summed E-state index contributed by atoms with van der Waals surface area (Å²) in [6, 6.07) is 13.1. The maximum atomic E-state index is 4.96. The van der Waals surface area contributed by atoms with Crippen LogP contribution in [0.25, 0.3) is 0 Å². The predicted octanol–water partition coefficient (Wildman–Crippen LogP) is 8.98. The van der Waals surface area contributed by atoms with Gasteiger partial charge >= 0.3 is 0 Å². The zero-order valence-corrected chi connectivity index (χ0v) is 22.5. The summed E-state index contributed by atoms with van der Waals surface area (Å²) in [7, 11) is 0. The topological polar surface area (TPSA) is 24.7 Å². The van der Waals surface area contributed by atoms with Gasteiger partial charge in [-0.1, -0.05) is 119 Å². The number of benzene rings is 2. The Labute approximate surface area is 197 Å². The van der Waals surface area contributed by atoms with Gasteiger partial charge in [0.1, 0.15) is 0 Å². The van der Waals surface area contributed by atoms with Gasteiger partial charge in [0, 0.05) is 12.4 Å². The summed E-state index contributed by atoms with van der Waals surface area (Å²) < 4.78 is 0. The summed E-state index contributed by atoms with van der Waals surface area (Å²) >= 11 is 0. The van der Waals surface area contributed by atoms with E-state index in [1.165, 1.54) is 22.3 Å². The summed E-state index contributed by atoms with van der Waals surface area (Å²) in [4.78, 5) is 9.93. The fraction of sp³-hybridized carbons (Fsp3) is 0.533. The molecule has 0 spiro atoms. The van der Waals surface area contributed by atoms with E-state index in [0.717, 1.165) is 11.4 Å². The Hall–Kier alpha value is -2.22. The average molecular weight is 433 g/mol. The van der Waals surface area contributed by atoms with Gasteiger partial charge < -0.3 is 0 Å². The van der Waals surface area contributed by atoms with Gasteiger partial charge in [-0.15, -0.1) is 0 Å². The van der Waals surface area contributed by atoms with E-state index in [4.69, 9.17) is 9.98 Å². The Bertz CT molecular complexity index is 847. The van der Waals surface area contributed by atoms with Gasteiger partial charge in [0.05, 0.1) is 11.4 Å². The molecule has 0 unspecified atom stereocenters. The number of rotatable bonds is 3. The van der Waals surface area contributed by atoms with Crippen molar-refractivity contribution in [1.29, 1.82) is 0 Å². The normalized spacial score (nSPS) is 14.0. The highest BCUT2D eigenvalue weighted by molar-refractivity contribution is 6.17. The summed E-state index contributed by atoms with van der Waals surface area (Å²) in [5, 5.41) is 0. The number of aliphatic imine (C=N–C) groups is 2. The van der Waals surface area contributed by atoms with Crippen molar-refractivity contribution < 1.29 is 0 Å². The number of para-hydroxylation sites is 2. The molecule has 0 saturated carbocycles. The quantitative estimate of drug-likeness (QED) is 0.432. The first-order valence-electron chi connectivity index (χ1n) is 11.8. The molecule has 0 aliphatic heterocycles. The van der Waals surface area contributed by atoms with Crippen molar-refractivity contribution in [3.8, 4) is 0 Å². The van der Waals surface area contributed by atoms with E-state index in [2.05, 4.69) is 119 Å². The molecule has 0 aliphatic carbocycles. The summed E-state index contributed by atoms with van der Waals surface area (Å²) in [5.74, 6) is 0. The fourth-order valence-electron chi connectivity index (χ4n) is 4.00. The van der Waals surface area contributed by atoms with Gasteiger partial charge in [0.15, 0.2) is 0 Å².